The van der Waals surface area contributed by atoms with E-state index in [-0.39, 0.29) is 11.3 Å². The highest BCUT2D eigenvalue weighted by atomic mass is 32.2. The van der Waals surface area contributed by atoms with E-state index in [9.17, 15) is 8.42 Å². The molecule has 1 aliphatic rings. The standard InChI is InChI=1S/C13H29N3O2S/c1-5-16(6-2)10-11(3)15-19(17,18)12(4)9-14-13-7-8-13/h11-15H,5-10H2,1-4H3. The topological polar surface area (TPSA) is 61.4 Å². The molecule has 1 aliphatic carbocycles. The molecular weight excluding hydrogens is 262 g/mol. The molecule has 1 rings (SSSR count). The van der Waals surface area contributed by atoms with Gasteiger partial charge in [-0.3, -0.25) is 0 Å². The van der Waals surface area contributed by atoms with Crippen LogP contribution in [0.5, 0.6) is 0 Å². The molecule has 0 radical (unpaired) electrons. The van der Waals surface area contributed by atoms with Gasteiger partial charge in [0, 0.05) is 25.2 Å². The normalized spacial score (nSPS) is 19.6. The van der Waals surface area contributed by atoms with Crippen molar-refractivity contribution in [1.82, 2.24) is 14.9 Å². The van der Waals surface area contributed by atoms with Crippen molar-refractivity contribution < 1.29 is 8.42 Å². The van der Waals surface area contributed by atoms with Crippen molar-refractivity contribution in [2.24, 2.45) is 0 Å². The highest BCUT2D eigenvalue weighted by Crippen LogP contribution is 2.18. The van der Waals surface area contributed by atoms with Gasteiger partial charge < -0.3 is 10.2 Å². The van der Waals surface area contributed by atoms with Crippen molar-refractivity contribution in [3.63, 3.8) is 0 Å². The first-order valence-corrected chi connectivity index (χ1v) is 8.90. The molecule has 0 amide bonds. The second kappa shape index (κ2) is 7.57. The summed E-state index contributed by atoms with van der Waals surface area (Å²) in [5.41, 5.74) is 0. The van der Waals surface area contributed by atoms with Crippen LogP contribution in [-0.4, -0.2) is 56.8 Å². The van der Waals surface area contributed by atoms with Crippen molar-refractivity contribution in [3.05, 3.63) is 0 Å². The molecule has 0 aromatic rings. The summed E-state index contributed by atoms with van der Waals surface area (Å²) in [5, 5.41) is 2.89. The quantitative estimate of drug-likeness (QED) is 0.624. The molecule has 0 saturated heterocycles. The van der Waals surface area contributed by atoms with Gasteiger partial charge in [0.15, 0.2) is 0 Å². The summed E-state index contributed by atoms with van der Waals surface area (Å²) < 4.78 is 27.1. The van der Waals surface area contributed by atoms with Gasteiger partial charge in [-0.05, 0) is 39.8 Å². The number of nitrogens with zero attached hydrogens (tertiary/aromatic N) is 1. The molecule has 0 spiro atoms. The molecule has 2 unspecified atom stereocenters. The summed E-state index contributed by atoms with van der Waals surface area (Å²) in [7, 11) is -3.23. The molecule has 114 valence electrons. The Morgan fingerprint density at radius 1 is 1.21 bits per heavy atom. The third-order valence-corrected chi connectivity index (χ3v) is 5.55. The largest absolute Gasteiger partial charge is 0.313 e. The summed E-state index contributed by atoms with van der Waals surface area (Å²) in [6.45, 7) is 11.1. The fourth-order valence-electron chi connectivity index (χ4n) is 2.03. The van der Waals surface area contributed by atoms with Crippen LogP contribution in [0.2, 0.25) is 0 Å². The Kier molecular flexibility index (Phi) is 6.73. The zero-order valence-corrected chi connectivity index (χ0v) is 13.5. The summed E-state index contributed by atoms with van der Waals surface area (Å²) in [5.74, 6) is 0. The van der Waals surface area contributed by atoms with E-state index < -0.39 is 10.0 Å². The second-order valence-electron chi connectivity index (χ2n) is 5.54. The molecule has 1 saturated carbocycles. The molecule has 0 aliphatic heterocycles. The minimum absolute atomic E-state index is 0.0479. The minimum Gasteiger partial charge on any atom is -0.313 e. The van der Waals surface area contributed by atoms with Gasteiger partial charge in [0.2, 0.25) is 10.0 Å². The Balaban J connectivity index is 2.38. The maximum atomic E-state index is 12.2. The van der Waals surface area contributed by atoms with Crippen molar-refractivity contribution in [3.8, 4) is 0 Å². The van der Waals surface area contributed by atoms with Crippen LogP contribution in [-0.2, 0) is 10.0 Å². The van der Waals surface area contributed by atoms with Gasteiger partial charge in [0.25, 0.3) is 0 Å². The van der Waals surface area contributed by atoms with Gasteiger partial charge in [-0.1, -0.05) is 13.8 Å². The number of nitrogens with one attached hydrogen (secondary N) is 2. The molecule has 6 heteroatoms. The lowest BCUT2D eigenvalue weighted by Gasteiger charge is -2.24. The van der Waals surface area contributed by atoms with Gasteiger partial charge in [0.1, 0.15) is 0 Å². The highest BCUT2D eigenvalue weighted by molar-refractivity contribution is 7.90. The van der Waals surface area contributed by atoms with E-state index in [2.05, 4.69) is 28.8 Å². The lowest BCUT2D eigenvalue weighted by atomic mass is 10.3. The maximum Gasteiger partial charge on any atom is 0.215 e. The number of hydrogen-bond donors (Lipinski definition) is 2. The zero-order valence-electron chi connectivity index (χ0n) is 12.6. The smallest absolute Gasteiger partial charge is 0.215 e. The molecule has 0 bridgehead atoms. The number of sulfonamides is 1. The lowest BCUT2D eigenvalue weighted by Crippen LogP contribution is -2.47. The molecule has 2 atom stereocenters. The van der Waals surface area contributed by atoms with Crippen molar-refractivity contribution >= 4 is 10.0 Å². The van der Waals surface area contributed by atoms with Crippen molar-refractivity contribution in [2.75, 3.05) is 26.2 Å². The molecule has 19 heavy (non-hydrogen) atoms. The molecule has 1 fully saturated rings. The lowest BCUT2D eigenvalue weighted by molar-refractivity contribution is 0.282. The van der Waals surface area contributed by atoms with Gasteiger partial charge in [-0.25, -0.2) is 13.1 Å². The van der Waals surface area contributed by atoms with Crippen LogP contribution in [0.4, 0.5) is 0 Å². The molecular formula is C13H29N3O2S. The predicted octanol–water partition coefficient (Wildman–Crippen LogP) is 0.777. The van der Waals surface area contributed by atoms with E-state index in [1.165, 1.54) is 12.8 Å². The summed E-state index contributed by atoms with van der Waals surface area (Å²) in [4.78, 5) is 2.22. The van der Waals surface area contributed by atoms with Crippen LogP contribution >= 0.6 is 0 Å². The minimum atomic E-state index is -3.23. The van der Waals surface area contributed by atoms with Crippen LogP contribution in [0.15, 0.2) is 0 Å². The Bertz CT molecular complexity index is 351. The van der Waals surface area contributed by atoms with Crippen LogP contribution < -0.4 is 10.0 Å². The van der Waals surface area contributed by atoms with Gasteiger partial charge in [-0.15, -0.1) is 0 Å². The average molecular weight is 291 g/mol. The number of likely N-dealkylation sites (N-methyl/N-ethyl adjacent to an activating group) is 1. The van der Waals surface area contributed by atoms with Gasteiger partial charge >= 0.3 is 0 Å². The van der Waals surface area contributed by atoms with Crippen molar-refractivity contribution in [1.29, 1.82) is 0 Å². The number of rotatable bonds is 10. The van der Waals surface area contributed by atoms with Crippen LogP contribution in [0.1, 0.15) is 40.5 Å². The first kappa shape index (κ1) is 16.9. The van der Waals surface area contributed by atoms with E-state index in [1.54, 1.807) is 6.92 Å². The first-order chi connectivity index (χ1) is 8.89. The Hall–Kier alpha value is -0.170. The van der Waals surface area contributed by atoms with E-state index in [0.717, 1.165) is 19.6 Å². The summed E-state index contributed by atoms with van der Waals surface area (Å²) in [6.07, 6.45) is 2.36. The average Bonchev–Trinajstić information content (AvgIpc) is 3.16. The van der Waals surface area contributed by atoms with E-state index in [4.69, 9.17) is 0 Å². The Morgan fingerprint density at radius 3 is 2.26 bits per heavy atom. The van der Waals surface area contributed by atoms with E-state index in [1.807, 2.05) is 6.92 Å². The molecule has 2 N–H and O–H groups in total. The van der Waals surface area contributed by atoms with Gasteiger partial charge in [0.05, 0.1) is 5.25 Å². The third-order valence-electron chi connectivity index (χ3n) is 3.59. The fourth-order valence-corrected chi connectivity index (χ4v) is 3.22. The predicted molar refractivity (Wildman–Crippen MR) is 79.8 cm³/mol. The number of hydrogen-bond acceptors (Lipinski definition) is 4. The first-order valence-electron chi connectivity index (χ1n) is 7.35. The van der Waals surface area contributed by atoms with Gasteiger partial charge in [-0.2, -0.15) is 0 Å². The highest BCUT2D eigenvalue weighted by Gasteiger charge is 2.26. The van der Waals surface area contributed by atoms with E-state index >= 15 is 0 Å². The fraction of sp³-hybridized carbons (Fsp3) is 1.00. The summed E-state index contributed by atoms with van der Waals surface area (Å²) in [6, 6.07) is 0.499. The third kappa shape index (κ3) is 6.21. The zero-order chi connectivity index (χ0) is 14.5. The molecule has 0 aromatic carbocycles. The van der Waals surface area contributed by atoms with Crippen LogP contribution in [0, 0.1) is 0 Å². The summed E-state index contributed by atoms with van der Waals surface area (Å²) >= 11 is 0. The SMILES string of the molecule is CCN(CC)CC(C)NS(=O)(=O)C(C)CNC1CC1. The van der Waals surface area contributed by atoms with Crippen molar-refractivity contribution in [2.45, 2.75) is 57.9 Å². The second-order valence-corrected chi connectivity index (χ2v) is 7.67. The molecule has 0 aromatic heterocycles. The maximum absolute atomic E-state index is 12.2. The van der Waals surface area contributed by atoms with Crippen LogP contribution in [0.25, 0.3) is 0 Å². The molecule has 0 heterocycles. The van der Waals surface area contributed by atoms with E-state index in [0.29, 0.717) is 12.6 Å². The van der Waals surface area contributed by atoms with Crippen LogP contribution in [0.3, 0.4) is 0 Å². The Labute approximate surface area is 118 Å². The monoisotopic (exact) mass is 291 g/mol. The Morgan fingerprint density at radius 2 is 1.79 bits per heavy atom. The molecule has 5 nitrogen and oxygen atoms in total.